The van der Waals surface area contributed by atoms with E-state index >= 15 is 0 Å². The SMILES string of the molecule is O=C1CCC(N2C(=O)c3ccc(NC[C@H]4C[C@@H](n5cc(-c6cnc7ccc(C8CCOCC8)cc7n6)cn5)C4)cc3C2=O)C(=O)N1. The lowest BCUT2D eigenvalue weighted by atomic mass is 9.80. The first-order chi connectivity index (χ1) is 22.4. The van der Waals surface area contributed by atoms with Crippen molar-refractivity contribution in [2.24, 2.45) is 5.92 Å². The number of fused-ring (bicyclic) bond motifs is 2. The fourth-order valence-electron chi connectivity index (χ4n) is 7.05. The summed E-state index contributed by atoms with van der Waals surface area (Å²) in [6, 6.07) is 10.8. The average molecular weight is 620 g/mol. The fourth-order valence-corrected chi connectivity index (χ4v) is 7.05. The van der Waals surface area contributed by atoms with Gasteiger partial charge in [-0.05, 0) is 79.8 Å². The third-order valence-corrected chi connectivity index (χ3v) is 9.78. The van der Waals surface area contributed by atoms with Gasteiger partial charge in [-0.25, -0.2) is 4.98 Å². The van der Waals surface area contributed by atoms with Crippen molar-refractivity contribution in [3.05, 3.63) is 71.7 Å². The van der Waals surface area contributed by atoms with E-state index in [4.69, 9.17) is 9.72 Å². The molecular formula is C34H33N7O5. The summed E-state index contributed by atoms with van der Waals surface area (Å²) in [6.07, 6.45) is 9.91. The smallest absolute Gasteiger partial charge is 0.262 e. The van der Waals surface area contributed by atoms with Crippen LogP contribution >= 0.6 is 0 Å². The number of hydrogen-bond donors (Lipinski definition) is 2. The van der Waals surface area contributed by atoms with Crippen molar-refractivity contribution in [3.8, 4) is 11.3 Å². The number of rotatable bonds is 7. The van der Waals surface area contributed by atoms with Gasteiger partial charge in [0.05, 0.1) is 46.3 Å². The van der Waals surface area contributed by atoms with Crippen LogP contribution in [0.25, 0.3) is 22.3 Å². The van der Waals surface area contributed by atoms with Gasteiger partial charge in [-0.1, -0.05) is 6.07 Å². The van der Waals surface area contributed by atoms with Gasteiger partial charge in [0.15, 0.2) is 0 Å². The Morgan fingerprint density at radius 1 is 0.913 bits per heavy atom. The van der Waals surface area contributed by atoms with E-state index in [1.54, 1.807) is 18.2 Å². The average Bonchev–Trinajstić information content (AvgIpc) is 3.63. The topological polar surface area (TPSA) is 148 Å². The second-order valence-electron chi connectivity index (χ2n) is 12.7. The number of piperidine rings is 1. The largest absolute Gasteiger partial charge is 0.385 e. The molecule has 5 heterocycles. The number of imide groups is 2. The number of carbonyl (C=O) groups excluding carboxylic acids is 4. The van der Waals surface area contributed by atoms with Crippen LogP contribution in [0.1, 0.15) is 76.8 Å². The molecule has 2 saturated heterocycles. The van der Waals surface area contributed by atoms with Crippen molar-refractivity contribution in [1.29, 1.82) is 0 Å². The van der Waals surface area contributed by atoms with Crippen molar-refractivity contribution in [3.63, 3.8) is 0 Å². The van der Waals surface area contributed by atoms with Crippen molar-refractivity contribution in [2.75, 3.05) is 25.1 Å². The normalized spacial score (nSPS) is 23.4. The van der Waals surface area contributed by atoms with Gasteiger partial charge in [0.25, 0.3) is 11.8 Å². The molecule has 1 aliphatic carbocycles. The Morgan fingerprint density at radius 2 is 1.74 bits per heavy atom. The maximum absolute atomic E-state index is 13.1. The molecule has 1 saturated carbocycles. The Labute approximate surface area is 264 Å². The molecule has 2 aromatic carbocycles. The minimum Gasteiger partial charge on any atom is -0.385 e. The highest BCUT2D eigenvalue weighted by Crippen LogP contribution is 2.38. The lowest BCUT2D eigenvalue weighted by molar-refractivity contribution is -0.136. The summed E-state index contributed by atoms with van der Waals surface area (Å²) in [4.78, 5) is 60.5. The molecule has 4 amide bonds. The lowest BCUT2D eigenvalue weighted by Gasteiger charge is -2.35. The monoisotopic (exact) mass is 619 g/mol. The third-order valence-electron chi connectivity index (χ3n) is 9.78. The molecule has 4 aliphatic rings. The van der Waals surface area contributed by atoms with Crippen molar-refractivity contribution in [2.45, 2.75) is 56.5 Å². The highest BCUT2D eigenvalue weighted by atomic mass is 16.5. The molecule has 1 unspecified atom stereocenters. The van der Waals surface area contributed by atoms with E-state index in [1.807, 2.05) is 23.3 Å². The maximum atomic E-state index is 13.1. The summed E-state index contributed by atoms with van der Waals surface area (Å²) in [5.41, 5.74) is 6.10. The number of nitrogens with zero attached hydrogens (tertiary/aromatic N) is 5. The fraction of sp³-hybridized carbons (Fsp3) is 0.382. The Morgan fingerprint density at radius 3 is 2.57 bits per heavy atom. The zero-order chi connectivity index (χ0) is 31.4. The van der Waals surface area contributed by atoms with Crippen LogP contribution in [0, 0.1) is 5.92 Å². The van der Waals surface area contributed by atoms with Crippen molar-refractivity contribution in [1.82, 2.24) is 30.0 Å². The lowest BCUT2D eigenvalue weighted by Crippen LogP contribution is -2.54. The number of benzene rings is 2. The van der Waals surface area contributed by atoms with Crippen molar-refractivity contribution < 1.29 is 23.9 Å². The number of carbonyl (C=O) groups is 4. The number of nitrogens with one attached hydrogen (secondary N) is 2. The minimum absolute atomic E-state index is 0.0915. The van der Waals surface area contributed by atoms with Gasteiger partial charge in [0.1, 0.15) is 6.04 Å². The number of aromatic nitrogens is 4. The van der Waals surface area contributed by atoms with Gasteiger partial charge in [-0.15, -0.1) is 0 Å². The molecule has 0 radical (unpaired) electrons. The third kappa shape index (κ3) is 5.12. The second kappa shape index (κ2) is 11.4. The molecule has 12 nitrogen and oxygen atoms in total. The van der Waals surface area contributed by atoms with Gasteiger partial charge in [0, 0.05) is 43.6 Å². The first-order valence-corrected chi connectivity index (χ1v) is 15.9. The van der Waals surface area contributed by atoms with Gasteiger partial charge < -0.3 is 10.1 Å². The molecule has 8 rings (SSSR count). The summed E-state index contributed by atoms with van der Waals surface area (Å²) in [5, 5.41) is 10.3. The number of ether oxygens (including phenoxy) is 1. The number of hydrogen-bond acceptors (Lipinski definition) is 9. The molecule has 234 valence electrons. The Balaban J connectivity index is 0.880. The Hall–Kier alpha value is -4.97. The first kappa shape index (κ1) is 28.5. The number of anilines is 1. The van der Waals surface area contributed by atoms with E-state index in [1.165, 1.54) is 5.56 Å². The van der Waals surface area contributed by atoms with Gasteiger partial charge in [0.2, 0.25) is 11.8 Å². The molecule has 4 aromatic rings. The van der Waals surface area contributed by atoms with Gasteiger partial charge in [-0.3, -0.25) is 39.1 Å². The minimum atomic E-state index is -0.973. The highest BCUT2D eigenvalue weighted by Gasteiger charge is 2.44. The van der Waals surface area contributed by atoms with E-state index in [2.05, 4.69) is 38.9 Å². The molecular weight excluding hydrogens is 586 g/mol. The van der Waals surface area contributed by atoms with E-state index in [0.717, 1.165) is 71.8 Å². The molecule has 3 aliphatic heterocycles. The van der Waals surface area contributed by atoms with Crippen LogP contribution in [0.3, 0.4) is 0 Å². The van der Waals surface area contributed by atoms with Gasteiger partial charge >= 0.3 is 0 Å². The van der Waals surface area contributed by atoms with E-state index in [9.17, 15) is 19.2 Å². The molecule has 2 aromatic heterocycles. The van der Waals surface area contributed by atoms with Crippen LogP contribution in [0.15, 0.2) is 55.0 Å². The van der Waals surface area contributed by atoms with Crippen LogP contribution in [-0.2, 0) is 14.3 Å². The second-order valence-corrected chi connectivity index (χ2v) is 12.7. The molecule has 0 bridgehead atoms. The Bertz CT molecular complexity index is 1890. The summed E-state index contributed by atoms with van der Waals surface area (Å²) in [6.45, 7) is 2.32. The predicted molar refractivity (Wildman–Crippen MR) is 167 cm³/mol. The first-order valence-electron chi connectivity index (χ1n) is 15.9. The molecule has 3 fully saturated rings. The Kier molecular flexibility index (Phi) is 7.08. The van der Waals surface area contributed by atoms with E-state index in [-0.39, 0.29) is 30.0 Å². The summed E-state index contributed by atoms with van der Waals surface area (Å²) in [5.74, 6) is -1.10. The molecule has 0 spiro atoms. The van der Waals surface area contributed by atoms with Crippen LogP contribution in [0.4, 0.5) is 5.69 Å². The van der Waals surface area contributed by atoms with E-state index < -0.39 is 29.7 Å². The predicted octanol–water partition coefficient (Wildman–Crippen LogP) is 3.85. The molecule has 12 heteroatoms. The summed E-state index contributed by atoms with van der Waals surface area (Å²) in [7, 11) is 0. The molecule has 1 atom stereocenters. The zero-order valence-corrected chi connectivity index (χ0v) is 25.1. The molecule has 46 heavy (non-hydrogen) atoms. The summed E-state index contributed by atoms with van der Waals surface area (Å²) >= 11 is 0. The zero-order valence-electron chi connectivity index (χ0n) is 25.1. The summed E-state index contributed by atoms with van der Waals surface area (Å²) < 4.78 is 7.54. The molecule has 2 N–H and O–H groups in total. The quantitative estimate of drug-likeness (QED) is 0.294. The standard InChI is InChI=1S/C34H33N7O5/c42-31-6-5-30(32(43)39-31)41-33(44)25-3-2-23(14-26(25)34(41)45)35-15-19-11-24(12-19)40-18-22(16-37-40)29-17-36-27-4-1-21(13-28(27)38-29)20-7-9-46-10-8-20/h1-4,13-14,16-20,24,30,35H,5-12,15H2,(H,39,42,43)/t19-,24+,30?. The van der Waals surface area contributed by atoms with Crippen molar-refractivity contribution >= 4 is 40.3 Å². The van der Waals surface area contributed by atoms with Gasteiger partial charge in [-0.2, -0.15) is 5.10 Å². The van der Waals surface area contributed by atoms with Crippen LogP contribution in [0.2, 0.25) is 0 Å². The van der Waals surface area contributed by atoms with Crippen LogP contribution in [-0.4, -0.2) is 74.1 Å². The highest BCUT2D eigenvalue weighted by molar-refractivity contribution is 6.23. The number of amides is 4. The maximum Gasteiger partial charge on any atom is 0.262 e. The van der Waals surface area contributed by atoms with Crippen LogP contribution < -0.4 is 10.6 Å². The van der Waals surface area contributed by atoms with Crippen LogP contribution in [0.5, 0.6) is 0 Å². The van der Waals surface area contributed by atoms with E-state index in [0.29, 0.717) is 18.4 Å².